The number of carbonyl (C=O) groups excluding carboxylic acids is 4. The molecule has 1 aromatic rings. The van der Waals surface area contributed by atoms with Gasteiger partial charge in [0.1, 0.15) is 5.82 Å². The number of hydrogen-bond acceptors (Lipinski definition) is 5. The van der Waals surface area contributed by atoms with Crippen LogP contribution in [0.5, 0.6) is 0 Å². The molecule has 1 saturated heterocycles. The van der Waals surface area contributed by atoms with E-state index in [9.17, 15) is 23.6 Å². The van der Waals surface area contributed by atoms with Crippen LogP contribution in [0.2, 0.25) is 0 Å². The molecule has 28 heavy (non-hydrogen) atoms. The molecule has 7 nitrogen and oxygen atoms in total. The first-order valence-electron chi connectivity index (χ1n) is 9.48. The molecule has 3 amide bonds. The Kier molecular flexibility index (Phi) is 6.06. The number of halogens is 1. The summed E-state index contributed by atoms with van der Waals surface area (Å²) in [6.45, 7) is 1.38. The molecule has 150 valence electrons. The number of ether oxygens (including phenoxy) is 1. The van der Waals surface area contributed by atoms with Crippen molar-refractivity contribution in [3.63, 3.8) is 0 Å². The molecule has 0 aromatic heterocycles. The summed E-state index contributed by atoms with van der Waals surface area (Å²) in [4.78, 5) is 50.0. The van der Waals surface area contributed by atoms with Gasteiger partial charge >= 0.3 is 5.97 Å². The molecule has 8 heteroatoms. The molecular formula is C20H23FN2O5. The summed E-state index contributed by atoms with van der Waals surface area (Å²) in [5.41, 5.74) is 0.380. The van der Waals surface area contributed by atoms with Crippen LogP contribution >= 0.6 is 0 Å². The van der Waals surface area contributed by atoms with Crippen LogP contribution in [-0.2, 0) is 23.9 Å². The molecule has 1 saturated carbocycles. The van der Waals surface area contributed by atoms with E-state index < -0.39 is 23.8 Å². The van der Waals surface area contributed by atoms with Gasteiger partial charge in [-0.05, 0) is 44.0 Å². The smallest absolute Gasteiger partial charge is 0.308 e. The lowest BCUT2D eigenvalue weighted by Gasteiger charge is -2.19. The Hall–Kier alpha value is -2.77. The van der Waals surface area contributed by atoms with Crippen molar-refractivity contribution in [1.82, 2.24) is 4.90 Å². The molecule has 1 aliphatic heterocycles. The van der Waals surface area contributed by atoms with Crippen molar-refractivity contribution in [3.8, 4) is 0 Å². The molecule has 0 unspecified atom stereocenters. The van der Waals surface area contributed by atoms with E-state index in [1.165, 1.54) is 31.2 Å². The third-order valence-electron chi connectivity index (χ3n) is 5.26. The fourth-order valence-electron chi connectivity index (χ4n) is 3.74. The second-order valence-corrected chi connectivity index (χ2v) is 7.20. The molecule has 1 N–H and O–H groups in total. The topological polar surface area (TPSA) is 92.8 Å². The monoisotopic (exact) mass is 390 g/mol. The highest BCUT2D eigenvalue weighted by atomic mass is 19.1. The van der Waals surface area contributed by atoms with Crippen LogP contribution in [-0.4, -0.2) is 41.2 Å². The van der Waals surface area contributed by atoms with Crippen molar-refractivity contribution in [2.75, 3.05) is 11.9 Å². The molecule has 1 aromatic carbocycles. The van der Waals surface area contributed by atoms with Gasteiger partial charge in [-0.1, -0.05) is 12.8 Å². The van der Waals surface area contributed by atoms with Crippen molar-refractivity contribution in [1.29, 1.82) is 0 Å². The third kappa shape index (κ3) is 4.37. The number of fused-ring (bicyclic) bond motifs is 1. The van der Waals surface area contributed by atoms with E-state index in [2.05, 4.69) is 5.32 Å². The predicted octanol–water partition coefficient (Wildman–Crippen LogP) is 2.26. The lowest BCUT2D eigenvalue weighted by atomic mass is 9.81. The van der Waals surface area contributed by atoms with Gasteiger partial charge in [0.25, 0.3) is 5.91 Å². The Morgan fingerprint density at radius 3 is 2.29 bits per heavy atom. The van der Waals surface area contributed by atoms with Crippen molar-refractivity contribution in [3.05, 3.63) is 30.1 Å². The standard InChI is InChI=1S/C20H23FN2O5/c1-12(18(25)22-14-8-6-13(21)7-9-14)28-17(24)10-11-23-19(26)15-4-2-3-5-16(15)20(23)27/h6-9,12,15-16H,2-5,10-11H2,1H3,(H,22,25)/t12-,15-,16-/m0/s1. The van der Waals surface area contributed by atoms with Crippen LogP contribution in [0.3, 0.4) is 0 Å². The number of benzene rings is 1. The molecule has 3 rings (SSSR count). The highest BCUT2D eigenvalue weighted by Crippen LogP contribution is 2.37. The zero-order valence-corrected chi connectivity index (χ0v) is 15.7. The van der Waals surface area contributed by atoms with E-state index in [4.69, 9.17) is 4.74 Å². The average molecular weight is 390 g/mol. The molecule has 3 atom stereocenters. The summed E-state index contributed by atoms with van der Waals surface area (Å²) in [7, 11) is 0. The van der Waals surface area contributed by atoms with Crippen LogP contribution in [0, 0.1) is 17.7 Å². The van der Waals surface area contributed by atoms with Gasteiger partial charge in [-0.3, -0.25) is 24.1 Å². The van der Waals surface area contributed by atoms with E-state index in [-0.39, 0.29) is 36.6 Å². The van der Waals surface area contributed by atoms with E-state index >= 15 is 0 Å². The molecule has 2 aliphatic rings. The molecular weight excluding hydrogens is 367 g/mol. The van der Waals surface area contributed by atoms with Gasteiger partial charge in [0.05, 0.1) is 18.3 Å². The SMILES string of the molecule is C[C@H](OC(=O)CCN1C(=O)[C@H]2CCCC[C@@H]2C1=O)C(=O)Nc1ccc(F)cc1. The number of hydrogen-bond donors (Lipinski definition) is 1. The number of carbonyl (C=O) groups is 4. The van der Waals surface area contributed by atoms with Crippen molar-refractivity contribution in [2.45, 2.75) is 45.1 Å². The Morgan fingerprint density at radius 2 is 1.71 bits per heavy atom. The van der Waals surface area contributed by atoms with E-state index in [1.807, 2.05) is 0 Å². The molecule has 2 fully saturated rings. The number of esters is 1. The Labute approximate surface area is 162 Å². The van der Waals surface area contributed by atoms with Gasteiger partial charge in [-0.25, -0.2) is 4.39 Å². The van der Waals surface area contributed by atoms with Crippen molar-refractivity contribution < 1.29 is 28.3 Å². The molecule has 1 heterocycles. The quantitative estimate of drug-likeness (QED) is 0.594. The number of anilines is 1. The number of likely N-dealkylation sites (tertiary alicyclic amines) is 1. The van der Waals surface area contributed by atoms with Crippen LogP contribution in [0.1, 0.15) is 39.0 Å². The van der Waals surface area contributed by atoms with Gasteiger partial charge < -0.3 is 10.1 Å². The summed E-state index contributed by atoms with van der Waals surface area (Å²) >= 11 is 0. The summed E-state index contributed by atoms with van der Waals surface area (Å²) < 4.78 is 18.0. The minimum absolute atomic E-state index is 0.0319. The molecule has 0 bridgehead atoms. The number of nitrogens with zero attached hydrogens (tertiary/aromatic N) is 1. The number of rotatable bonds is 6. The van der Waals surface area contributed by atoms with Crippen molar-refractivity contribution >= 4 is 29.4 Å². The van der Waals surface area contributed by atoms with E-state index in [0.29, 0.717) is 5.69 Å². The predicted molar refractivity (Wildman–Crippen MR) is 97.4 cm³/mol. The number of imide groups is 1. The number of nitrogens with one attached hydrogen (secondary N) is 1. The number of amides is 3. The Bertz CT molecular complexity index is 755. The summed E-state index contributed by atoms with van der Waals surface area (Å²) in [6.07, 6.45) is 2.09. The van der Waals surface area contributed by atoms with Crippen LogP contribution in [0.4, 0.5) is 10.1 Å². The summed E-state index contributed by atoms with van der Waals surface area (Å²) in [5, 5.41) is 2.52. The first-order valence-corrected chi connectivity index (χ1v) is 9.48. The second-order valence-electron chi connectivity index (χ2n) is 7.20. The lowest BCUT2D eigenvalue weighted by Crippen LogP contribution is -2.35. The highest BCUT2D eigenvalue weighted by molar-refractivity contribution is 6.05. The van der Waals surface area contributed by atoms with Crippen LogP contribution in [0.15, 0.2) is 24.3 Å². The average Bonchev–Trinajstić information content (AvgIpc) is 2.92. The van der Waals surface area contributed by atoms with Crippen LogP contribution < -0.4 is 5.32 Å². The first kappa shape index (κ1) is 20.0. The minimum Gasteiger partial charge on any atom is -0.452 e. The van der Waals surface area contributed by atoms with E-state index in [1.54, 1.807) is 0 Å². The summed E-state index contributed by atoms with van der Waals surface area (Å²) in [6, 6.07) is 5.19. The van der Waals surface area contributed by atoms with Crippen molar-refractivity contribution in [2.24, 2.45) is 11.8 Å². The van der Waals surface area contributed by atoms with Gasteiger partial charge in [0, 0.05) is 12.2 Å². The molecule has 0 radical (unpaired) electrons. The minimum atomic E-state index is -1.06. The molecule has 0 spiro atoms. The van der Waals surface area contributed by atoms with Crippen LogP contribution in [0.25, 0.3) is 0 Å². The Balaban J connectivity index is 1.47. The molecule has 1 aliphatic carbocycles. The second kappa shape index (κ2) is 8.50. The van der Waals surface area contributed by atoms with Gasteiger partial charge in [-0.2, -0.15) is 0 Å². The fraction of sp³-hybridized carbons (Fsp3) is 0.500. The first-order chi connectivity index (χ1) is 13.4. The maximum atomic E-state index is 12.9. The maximum Gasteiger partial charge on any atom is 0.308 e. The zero-order chi connectivity index (χ0) is 20.3. The summed E-state index contributed by atoms with van der Waals surface area (Å²) in [5.74, 6) is -2.57. The largest absolute Gasteiger partial charge is 0.452 e. The maximum absolute atomic E-state index is 12.9. The fourth-order valence-corrected chi connectivity index (χ4v) is 3.74. The normalized spacial score (nSPS) is 22.6. The van der Waals surface area contributed by atoms with Gasteiger partial charge in [0.2, 0.25) is 11.8 Å². The Morgan fingerprint density at radius 1 is 1.14 bits per heavy atom. The van der Waals surface area contributed by atoms with Gasteiger partial charge in [0.15, 0.2) is 6.10 Å². The zero-order valence-electron chi connectivity index (χ0n) is 15.7. The van der Waals surface area contributed by atoms with Gasteiger partial charge in [-0.15, -0.1) is 0 Å². The lowest BCUT2D eigenvalue weighted by molar-refractivity contribution is -0.154. The van der Waals surface area contributed by atoms with E-state index in [0.717, 1.165) is 30.6 Å². The highest BCUT2D eigenvalue weighted by Gasteiger charge is 2.47. The third-order valence-corrected chi connectivity index (χ3v) is 5.26.